The standard InChI is InChI=1S/C67H60N5O.Pt/c1-43-32-63(68-41-55(43)44-22-12-11-13-23-44)72-58-29-19-16-26-54(58)64-61(71-56-27-17-14-24-52(56)53-25-15-18-28-57(53)71)39-51(40-62(64)72)73-50-37-47(67(8,9)10)36-49(38-50)70-42-69(59-30-20-21-31-60(59)70)48-34-45(65(2,3)4)33-46(35-48)66(5,6)7;/h11-37,39,41-42H,1-10H3;/q-3;/i1D3,11D,12D,13D,22D,23D;. The Kier molecular flexibility index (Phi) is 9.86. The van der Waals surface area contributed by atoms with E-state index >= 15 is 0 Å². The molecule has 1 aliphatic heterocycles. The Labute approximate surface area is 461 Å². The number of benzene rings is 8. The molecule has 1 aliphatic rings. The van der Waals surface area contributed by atoms with Gasteiger partial charge in [-0.15, -0.1) is 48.3 Å². The minimum atomic E-state index is -2.80. The molecule has 0 bridgehead atoms. The fraction of sp³-hybridized carbons (Fsp3) is 0.194. The minimum absolute atomic E-state index is 0. The van der Waals surface area contributed by atoms with Crippen LogP contribution in [0.4, 0.5) is 22.7 Å². The van der Waals surface area contributed by atoms with Crippen molar-refractivity contribution in [2.24, 2.45) is 0 Å². The van der Waals surface area contributed by atoms with Crippen LogP contribution < -0.4 is 14.5 Å². The van der Waals surface area contributed by atoms with Gasteiger partial charge in [0, 0.05) is 81.8 Å². The second-order valence-electron chi connectivity index (χ2n) is 22.1. The second-order valence-corrected chi connectivity index (χ2v) is 22.1. The number of aromatic nitrogens is 3. The van der Waals surface area contributed by atoms with Gasteiger partial charge in [0.2, 0.25) is 0 Å². The molecule has 6 nitrogen and oxygen atoms in total. The molecule has 8 aromatic carbocycles. The smallest absolute Gasteiger partial charge is 0.135 e. The van der Waals surface area contributed by atoms with Crippen LogP contribution in [0.1, 0.15) is 95.5 Å². The molecule has 0 saturated heterocycles. The monoisotopic (exact) mass is 1150 g/mol. The Morgan fingerprint density at radius 3 is 1.70 bits per heavy atom. The van der Waals surface area contributed by atoms with E-state index in [9.17, 15) is 0 Å². The number of aryl methyl sites for hydroxylation is 1. The largest absolute Gasteiger partial charge is 0.509 e. The van der Waals surface area contributed by atoms with E-state index in [0.29, 0.717) is 22.5 Å². The van der Waals surface area contributed by atoms with Crippen LogP contribution in [0.5, 0.6) is 11.5 Å². The molecule has 12 rings (SSSR count). The van der Waals surface area contributed by atoms with Crippen molar-refractivity contribution in [2.45, 2.75) is 85.4 Å². The Bertz CT molecular complexity index is 4270. The fourth-order valence-electron chi connectivity index (χ4n) is 10.2. The average molecular weight is 1150 g/mol. The number of pyridine rings is 1. The third-order valence-electron chi connectivity index (χ3n) is 14.1. The summed E-state index contributed by atoms with van der Waals surface area (Å²) in [4.78, 5) is 9.34. The molecule has 0 radical (unpaired) electrons. The Morgan fingerprint density at radius 1 is 0.554 bits per heavy atom. The van der Waals surface area contributed by atoms with Gasteiger partial charge in [-0.05, 0) is 105 Å². The van der Waals surface area contributed by atoms with Gasteiger partial charge in [0.05, 0.1) is 17.9 Å². The molecule has 7 heteroatoms. The first-order valence-electron chi connectivity index (χ1n) is 28.8. The molecule has 11 aromatic rings. The van der Waals surface area contributed by atoms with E-state index in [0.717, 1.165) is 66.6 Å². The van der Waals surface area contributed by atoms with E-state index in [4.69, 9.17) is 20.7 Å². The van der Waals surface area contributed by atoms with Gasteiger partial charge in [-0.25, -0.2) is 4.98 Å². The number of hydrogen-bond acceptors (Lipinski definition) is 4. The molecule has 3 aromatic heterocycles. The van der Waals surface area contributed by atoms with E-state index in [2.05, 4.69) is 168 Å². The van der Waals surface area contributed by atoms with Crippen LogP contribution in [0.3, 0.4) is 0 Å². The molecule has 0 saturated carbocycles. The quantitative estimate of drug-likeness (QED) is 0.149. The van der Waals surface area contributed by atoms with Gasteiger partial charge >= 0.3 is 0 Å². The summed E-state index contributed by atoms with van der Waals surface area (Å²) in [7, 11) is 0. The van der Waals surface area contributed by atoms with Crippen molar-refractivity contribution in [3.63, 3.8) is 0 Å². The van der Waals surface area contributed by atoms with Crippen molar-refractivity contribution in [2.75, 3.05) is 9.80 Å². The molecular weight excluding hydrogens is 1090 g/mol. The number of nitrogens with zero attached hydrogens (tertiary/aromatic N) is 5. The maximum atomic E-state index is 8.84. The van der Waals surface area contributed by atoms with Crippen molar-refractivity contribution in [1.82, 2.24) is 14.1 Å². The Balaban J connectivity index is 0.00000705. The average Bonchev–Trinajstić information content (AvgIpc) is 4.29. The predicted octanol–water partition coefficient (Wildman–Crippen LogP) is 17.9. The molecule has 0 unspecified atom stereocenters. The zero-order chi connectivity index (χ0) is 57.4. The van der Waals surface area contributed by atoms with Crippen LogP contribution in [0.2, 0.25) is 0 Å². The summed E-state index contributed by atoms with van der Waals surface area (Å²) >= 11 is 0. The topological polar surface area (TPSA) is 38.5 Å². The zero-order valence-corrected chi connectivity index (χ0v) is 45.2. The van der Waals surface area contributed by atoms with Crippen LogP contribution >= 0.6 is 0 Å². The molecule has 0 fully saturated rings. The third-order valence-corrected chi connectivity index (χ3v) is 14.1. The van der Waals surface area contributed by atoms with Crippen LogP contribution in [-0.2, 0) is 37.3 Å². The van der Waals surface area contributed by atoms with E-state index < -0.39 is 37.1 Å². The summed E-state index contributed by atoms with van der Waals surface area (Å²) in [6, 6.07) is 52.0. The summed E-state index contributed by atoms with van der Waals surface area (Å²) < 4.78 is 80.6. The van der Waals surface area contributed by atoms with Gasteiger partial charge in [0.25, 0.3) is 0 Å². The summed E-state index contributed by atoms with van der Waals surface area (Å²) in [5.74, 6) is 1.01. The van der Waals surface area contributed by atoms with Crippen LogP contribution in [0.15, 0.2) is 176 Å². The summed E-state index contributed by atoms with van der Waals surface area (Å²) in [5, 5.41) is 3.73. The molecule has 0 N–H and O–H groups in total. The van der Waals surface area contributed by atoms with Gasteiger partial charge in [-0.1, -0.05) is 176 Å². The summed E-state index contributed by atoms with van der Waals surface area (Å²) in [6.45, 7) is 19.4. The summed E-state index contributed by atoms with van der Waals surface area (Å²) in [5.41, 5.74) is 10.2. The Morgan fingerprint density at radius 2 is 1.09 bits per heavy atom. The normalized spacial score (nSPS) is 14.8. The first-order valence-corrected chi connectivity index (χ1v) is 24.8. The zero-order valence-electron chi connectivity index (χ0n) is 50.9. The number of hydrogen-bond donors (Lipinski definition) is 0. The number of fused-ring (bicyclic) bond motifs is 7. The maximum absolute atomic E-state index is 8.84. The van der Waals surface area contributed by atoms with E-state index in [-0.39, 0.29) is 59.8 Å². The van der Waals surface area contributed by atoms with E-state index in [1.165, 1.54) is 23.4 Å². The first kappa shape index (κ1) is 40.0. The predicted molar refractivity (Wildman–Crippen MR) is 305 cm³/mol. The van der Waals surface area contributed by atoms with Gasteiger partial charge in [-0.2, -0.15) is 0 Å². The van der Waals surface area contributed by atoms with Gasteiger partial charge in [-0.3, -0.25) is 0 Å². The van der Waals surface area contributed by atoms with Crippen molar-refractivity contribution < 1.29 is 36.8 Å². The number of anilines is 4. The molecule has 4 heterocycles. The number of para-hydroxylation sites is 5. The fourth-order valence-corrected chi connectivity index (χ4v) is 10.2. The molecule has 0 atom stereocenters. The van der Waals surface area contributed by atoms with Gasteiger partial charge < -0.3 is 23.7 Å². The maximum Gasteiger partial charge on any atom is 0.135 e. The van der Waals surface area contributed by atoms with E-state index in [1.807, 2.05) is 65.2 Å². The second kappa shape index (κ2) is 18.2. The SMILES string of the molecule is [2H]c1c([2H])c([2H])c(-c2cnc(-n3c4[c-]c(Oc5[c-]c(N6[CH-]N(c7cc(C(C)(C)C)cc(C(C)(C)C)c7)c7ccccc76)cc(C(C)(C)C)c5)cc(-n5c6ccccc6c6ccccc65)c4c4ccccc43)cc2C([2H])([2H])[2H])c([2H])c1[2H].[Pt]. The molecule has 372 valence electrons. The molecule has 0 aliphatic carbocycles. The molecule has 74 heavy (non-hydrogen) atoms. The van der Waals surface area contributed by atoms with Crippen molar-refractivity contribution in [1.29, 1.82) is 0 Å². The van der Waals surface area contributed by atoms with Crippen molar-refractivity contribution >= 4 is 66.4 Å². The van der Waals surface area contributed by atoms with Gasteiger partial charge in [0.15, 0.2) is 0 Å². The number of ether oxygens (including phenoxy) is 1. The third kappa shape index (κ3) is 8.47. The first-order chi connectivity index (χ1) is 38.3. The van der Waals surface area contributed by atoms with Crippen LogP contribution in [-0.4, -0.2) is 14.1 Å². The van der Waals surface area contributed by atoms with Gasteiger partial charge in [0.1, 0.15) is 5.82 Å². The van der Waals surface area contributed by atoms with Crippen LogP contribution in [0, 0.1) is 25.7 Å². The summed E-state index contributed by atoms with van der Waals surface area (Å²) in [6.07, 6.45) is 1.30. The molecule has 0 spiro atoms. The number of rotatable bonds is 7. The molecular formula is C67H60N5OPt-3. The molecule has 0 amide bonds. The van der Waals surface area contributed by atoms with Crippen molar-refractivity contribution in [3.8, 4) is 34.1 Å². The van der Waals surface area contributed by atoms with E-state index in [1.54, 1.807) is 0 Å². The minimum Gasteiger partial charge on any atom is -0.509 e. The Hall–Kier alpha value is -7.40. The van der Waals surface area contributed by atoms with Crippen molar-refractivity contribution in [3.05, 3.63) is 217 Å². The van der Waals surface area contributed by atoms with Crippen LogP contribution in [0.25, 0.3) is 66.2 Å².